The second-order valence-corrected chi connectivity index (χ2v) is 7.62. The second-order valence-electron chi connectivity index (χ2n) is 7.62. The van der Waals surface area contributed by atoms with Gasteiger partial charge in [0.2, 0.25) is 0 Å². The molecule has 0 aromatic carbocycles. The first-order chi connectivity index (χ1) is 10.4. The van der Waals surface area contributed by atoms with Gasteiger partial charge in [-0.05, 0) is 59.4 Å². The molecule has 0 unspecified atom stereocenters. The molecule has 0 spiro atoms. The van der Waals surface area contributed by atoms with Gasteiger partial charge in [0.05, 0.1) is 23.4 Å². The van der Waals surface area contributed by atoms with Crippen LogP contribution in [-0.4, -0.2) is 34.4 Å². The highest BCUT2D eigenvalue weighted by atomic mass is 16.5. The first-order valence-electron chi connectivity index (χ1n) is 8.39. The van der Waals surface area contributed by atoms with E-state index in [0.717, 1.165) is 25.1 Å². The number of carbonyl (C=O) groups is 1. The quantitative estimate of drug-likeness (QED) is 0.930. The van der Waals surface area contributed by atoms with Crippen molar-refractivity contribution < 1.29 is 9.53 Å². The van der Waals surface area contributed by atoms with Crippen molar-refractivity contribution in [3.05, 3.63) is 17.5 Å². The SMILES string of the molecule is C[C@H](NC(=O)c1cc(C2CC2)nn1C(C)(C)C)[C@@H]1CCCO1. The van der Waals surface area contributed by atoms with E-state index in [2.05, 4.69) is 26.1 Å². The highest BCUT2D eigenvalue weighted by Gasteiger charge is 2.32. The minimum absolute atomic E-state index is 0.0303. The molecule has 3 rings (SSSR count). The van der Waals surface area contributed by atoms with Crippen molar-refractivity contribution in [1.29, 1.82) is 0 Å². The minimum Gasteiger partial charge on any atom is -0.376 e. The fourth-order valence-electron chi connectivity index (χ4n) is 3.02. The van der Waals surface area contributed by atoms with Crippen molar-refractivity contribution in [2.24, 2.45) is 0 Å². The van der Waals surface area contributed by atoms with Gasteiger partial charge in [0.25, 0.3) is 5.91 Å². The lowest BCUT2D eigenvalue weighted by atomic mass is 10.1. The summed E-state index contributed by atoms with van der Waals surface area (Å²) in [4.78, 5) is 12.7. The van der Waals surface area contributed by atoms with Gasteiger partial charge >= 0.3 is 0 Å². The van der Waals surface area contributed by atoms with Crippen LogP contribution in [0.4, 0.5) is 0 Å². The third-order valence-electron chi connectivity index (χ3n) is 4.47. The largest absolute Gasteiger partial charge is 0.376 e. The van der Waals surface area contributed by atoms with Gasteiger partial charge in [-0.25, -0.2) is 0 Å². The number of nitrogens with zero attached hydrogens (tertiary/aromatic N) is 2. The van der Waals surface area contributed by atoms with Gasteiger partial charge in [0.1, 0.15) is 5.69 Å². The highest BCUT2D eigenvalue weighted by molar-refractivity contribution is 5.93. The maximum absolute atomic E-state index is 12.7. The Kier molecular flexibility index (Phi) is 4.02. The number of rotatable bonds is 4. The number of nitrogens with one attached hydrogen (secondary N) is 1. The molecule has 1 aromatic rings. The van der Waals surface area contributed by atoms with Gasteiger partial charge in [-0.2, -0.15) is 5.10 Å². The van der Waals surface area contributed by atoms with E-state index in [1.807, 2.05) is 17.7 Å². The summed E-state index contributed by atoms with van der Waals surface area (Å²) in [7, 11) is 0. The summed E-state index contributed by atoms with van der Waals surface area (Å²) in [6, 6.07) is 2.00. The molecular formula is C17H27N3O2. The zero-order valence-electron chi connectivity index (χ0n) is 14.1. The van der Waals surface area contributed by atoms with Crippen molar-refractivity contribution in [1.82, 2.24) is 15.1 Å². The molecule has 1 N–H and O–H groups in total. The first-order valence-corrected chi connectivity index (χ1v) is 8.39. The van der Waals surface area contributed by atoms with Crippen LogP contribution < -0.4 is 5.32 Å². The van der Waals surface area contributed by atoms with Crippen LogP contribution in [0.3, 0.4) is 0 Å². The number of amides is 1. The van der Waals surface area contributed by atoms with E-state index in [-0.39, 0.29) is 23.6 Å². The van der Waals surface area contributed by atoms with E-state index in [1.54, 1.807) is 0 Å². The summed E-state index contributed by atoms with van der Waals surface area (Å²) in [5.74, 6) is 0.503. The molecule has 2 aliphatic rings. The molecule has 1 saturated heterocycles. The van der Waals surface area contributed by atoms with Crippen molar-refractivity contribution in [2.75, 3.05) is 6.61 Å². The van der Waals surface area contributed by atoms with Gasteiger partial charge in [-0.1, -0.05) is 0 Å². The Labute approximate surface area is 132 Å². The van der Waals surface area contributed by atoms with Gasteiger partial charge in [-0.15, -0.1) is 0 Å². The molecule has 122 valence electrons. The zero-order chi connectivity index (χ0) is 15.9. The predicted octanol–water partition coefficient (Wildman–Crippen LogP) is 2.81. The van der Waals surface area contributed by atoms with Crippen LogP contribution in [0.15, 0.2) is 6.07 Å². The molecule has 2 heterocycles. The average Bonchev–Trinajstić information content (AvgIpc) is 2.98. The lowest BCUT2D eigenvalue weighted by Gasteiger charge is -2.24. The fraction of sp³-hybridized carbons (Fsp3) is 0.765. The maximum atomic E-state index is 12.7. The molecule has 22 heavy (non-hydrogen) atoms. The molecule has 1 aromatic heterocycles. The van der Waals surface area contributed by atoms with Crippen molar-refractivity contribution >= 4 is 5.91 Å². The van der Waals surface area contributed by atoms with E-state index in [0.29, 0.717) is 11.6 Å². The maximum Gasteiger partial charge on any atom is 0.269 e. The summed E-state index contributed by atoms with van der Waals surface area (Å²) < 4.78 is 7.54. The molecule has 5 nitrogen and oxygen atoms in total. The van der Waals surface area contributed by atoms with Gasteiger partial charge in [0.15, 0.2) is 0 Å². The second kappa shape index (κ2) is 5.69. The van der Waals surface area contributed by atoms with Crippen LogP contribution in [0.1, 0.15) is 75.5 Å². The van der Waals surface area contributed by atoms with E-state index >= 15 is 0 Å². The predicted molar refractivity (Wildman–Crippen MR) is 85.1 cm³/mol. The summed E-state index contributed by atoms with van der Waals surface area (Å²) >= 11 is 0. The summed E-state index contributed by atoms with van der Waals surface area (Å²) in [5, 5.41) is 7.79. The average molecular weight is 305 g/mol. The molecule has 1 amide bonds. The fourth-order valence-corrected chi connectivity index (χ4v) is 3.02. The van der Waals surface area contributed by atoms with Crippen molar-refractivity contribution in [3.63, 3.8) is 0 Å². The lowest BCUT2D eigenvalue weighted by molar-refractivity contribution is 0.0702. The van der Waals surface area contributed by atoms with Crippen LogP contribution in [0.25, 0.3) is 0 Å². The van der Waals surface area contributed by atoms with E-state index in [9.17, 15) is 4.79 Å². The molecule has 0 radical (unpaired) electrons. The Morgan fingerprint density at radius 1 is 1.41 bits per heavy atom. The Hall–Kier alpha value is -1.36. The molecule has 1 saturated carbocycles. The highest BCUT2D eigenvalue weighted by Crippen LogP contribution is 2.40. The van der Waals surface area contributed by atoms with Gasteiger partial charge in [0, 0.05) is 12.5 Å². The molecule has 2 atom stereocenters. The summed E-state index contributed by atoms with van der Waals surface area (Å²) in [5.41, 5.74) is 1.52. The lowest BCUT2D eigenvalue weighted by Crippen LogP contribution is -2.42. The van der Waals surface area contributed by atoms with E-state index in [1.165, 1.54) is 12.8 Å². The summed E-state index contributed by atoms with van der Waals surface area (Å²) in [6.07, 6.45) is 4.62. The van der Waals surface area contributed by atoms with Crippen LogP contribution >= 0.6 is 0 Å². The number of hydrogen-bond acceptors (Lipinski definition) is 3. The third-order valence-corrected chi connectivity index (χ3v) is 4.47. The minimum atomic E-state index is -0.201. The van der Waals surface area contributed by atoms with Gasteiger partial charge < -0.3 is 10.1 Å². The van der Waals surface area contributed by atoms with Crippen LogP contribution in [-0.2, 0) is 10.3 Å². The molecule has 0 bridgehead atoms. The van der Waals surface area contributed by atoms with E-state index < -0.39 is 0 Å². The first kappa shape index (κ1) is 15.5. The number of carbonyl (C=O) groups excluding carboxylic acids is 1. The Bertz CT molecular complexity index is 549. The van der Waals surface area contributed by atoms with Gasteiger partial charge in [-0.3, -0.25) is 9.48 Å². The molecular weight excluding hydrogens is 278 g/mol. The van der Waals surface area contributed by atoms with Crippen molar-refractivity contribution in [2.45, 2.75) is 77.0 Å². The Morgan fingerprint density at radius 2 is 2.14 bits per heavy atom. The van der Waals surface area contributed by atoms with Crippen LogP contribution in [0, 0.1) is 0 Å². The van der Waals surface area contributed by atoms with E-state index in [4.69, 9.17) is 9.84 Å². The Balaban J connectivity index is 1.78. The zero-order valence-corrected chi connectivity index (χ0v) is 14.1. The topological polar surface area (TPSA) is 56.2 Å². The normalized spacial score (nSPS) is 23.5. The van der Waals surface area contributed by atoms with Crippen LogP contribution in [0.2, 0.25) is 0 Å². The number of ether oxygens (including phenoxy) is 1. The third kappa shape index (κ3) is 3.19. The molecule has 2 fully saturated rings. The smallest absolute Gasteiger partial charge is 0.269 e. The molecule has 1 aliphatic carbocycles. The number of hydrogen-bond donors (Lipinski definition) is 1. The standard InChI is InChI=1S/C17H27N3O2/c1-11(15-6-5-9-22-15)18-16(21)14-10-13(12-7-8-12)19-20(14)17(2,3)4/h10-12,15H,5-9H2,1-4H3,(H,18,21)/t11-,15-/m0/s1. The van der Waals surface area contributed by atoms with Crippen LogP contribution in [0.5, 0.6) is 0 Å². The number of aromatic nitrogens is 2. The molecule has 5 heteroatoms. The Morgan fingerprint density at radius 3 is 2.68 bits per heavy atom. The summed E-state index contributed by atoms with van der Waals surface area (Å²) in [6.45, 7) is 9.06. The monoisotopic (exact) mass is 305 g/mol. The molecule has 1 aliphatic heterocycles. The van der Waals surface area contributed by atoms with Crippen molar-refractivity contribution in [3.8, 4) is 0 Å².